The van der Waals surface area contributed by atoms with E-state index in [0.29, 0.717) is 4.34 Å². The van der Waals surface area contributed by atoms with Crippen molar-refractivity contribution in [2.75, 3.05) is 23.7 Å². The van der Waals surface area contributed by atoms with Gasteiger partial charge in [0, 0.05) is 13.1 Å². The summed E-state index contributed by atoms with van der Waals surface area (Å²) in [5.74, 6) is -0.795. The largest absolute Gasteiger partial charge is 0.481 e. The fourth-order valence-electron chi connectivity index (χ4n) is 1.17. The Bertz CT molecular complexity index is 343. The number of hydrogen-bond donors (Lipinski definition) is 1. The maximum absolute atomic E-state index is 10.4. The molecule has 1 rings (SSSR count). The average Bonchev–Trinajstić information content (AvgIpc) is 2.71. The third kappa shape index (κ3) is 3.97. The van der Waals surface area contributed by atoms with Crippen molar-refractivity contribution in [1.29, 1.82) is 0 Å². The first-order valence-electron chi connectivity index (χ1n) is 5.10. The summed E-state index contributed by atoms with van der Waals surface area (Å²) >= 11 is 2.66. The molecule has 0 amide bonds. The van der Waals surface area contributed by atoms with E-state index in [1.165, 1.54) is 23.1 Å². The van der Waals surface area contributed by atoms with E-state index in [9.17, 15) is 4.79 Å². The Morgan fingerprint density at radius 1 is 1.50 bits per heavy atom. The van der Waals surface area contributed by atoms with Gasteiger partial charge in [0.2, 0.25) is 5.13 Å². The quantitative estimate of drug-likeness (QED) is 0.757. The molecule has 1 heterocycles. The van der Waals surface area contributed by atoms with Crippen LogP contribution in [0, 0.1) is 0 Å². The summed E-state index contributed by atoms with van der Waals surface area (Å²) in [4.78, 5) is 12.5. The Kier molecular flexibility index (Phi) is 5.54. The summed E-state index contributed by atoms with van der Waals surface area (Å²) < 4.78 is 0.715. The molecule has 0 fully saturated rings. The van der Waals surface area contributed by atoms with Gasteiger partial charge in [0.05, 0.1) is 5.75 Å². The van der Waals surface area contributed by atoms with Crippen molar-refractivity contribution >= 4 is 34.2 Å². The van der Waals surface area contributed by atoms with Crippen molar-refractivity contribution < 1.29 is 9.90 Å². The van der Waals surface area contributed by atoms with Gasteiger partial charge in [-0.15, -0.1) is 10.2 Å². The molecule has 1 aromatic rings. The zero-order valence-electron chi connectivity index (χ0n) is 9.34. The molecular weight excluding hydrogens is 246 g/mol. The van der Waals surface area contributed by atoms with Gasteiger partial charge in [-0.3, -0.25) is 4.79 Å². The molecule has 7 heteroatoms. The van der Waals surface area contributed by atoms with E-state index >= 15 is 0 Å². The van der Waals surface area contributed by atoms with Gasteiger partial charge in [-0.25, -0.2) is 0 Å². The maximum atomic E-state index is 10.4. The summed E-state index contributed by atoms with van der Waals surface area (Å²) in [6.45, 7) is 6.03. The van der Waals surface area contributed by atoms with Crippen molar-refractivity contribution in [1.82, 2.24) is 10.2 Å². The second kappa shape index (κ2) is 6.70. The predicted octanol–water partition coefficient (Wildman–Crippen LogP) is 1.95. The molecule has 0 aliphatic carbocycles. The van der Waals surface area contributed by atoms with Crippen LogP contribution in [0.25, 0.3) is 0 Å². The van der Waals surface area contributed by atoms with Crippen LogP contribution in [0.5, 0.6) is 0 Å². The summed E-state index contributed by atoms with van der Waals surface area (Å²) in [6, 6.07) is 0. The Morgan fingerprint density at radius 2 is 2.25 bits per heavy atom. The van der Waals surface area contributed by atoms with Crippen LogP contribution in [0.2, 0.25) is 0 Å². The Balaban J connectivity index is 2.58. The molecule has 1 N–H and O–H groups in total. The van der Waals surface area contributed by atoms with Gasteiger partial charge in [-0.05, 0) is 13.3 Å². The first kappa shape index (κ1) is 13.2. The van der Waals surface area contributed by atoms with Crippen LogP contribution in [0.3, 0.4) is 0 Å². The van der Waals surface area contributed by atoms with Crippen LogP contribution < -0.4 is 4.90 Å². The number of aromatic nitrogens is 2. The number of anilines is 1. The average molecular weight is 261 g/mol. The molecule has 0 saturated heterocycles. The van der Waals surface area contributed by atoms with Crippen LogP contribution in [0.15, 0.2) is 4.34 Å². The van der Waals surface area contributed by atoms with Gasteiger partial charge in [-0.2, -0.15) is 0 Å². The van der Waals surface area contributed by atoms with E-state index in [1.807, 2.05) is 0 Å². The van der Waals surface area contributed by atoms with Gasteiger partial charge < -0.3 is 10.0 Å². The topological polar surface area (TPSA) is 66.3 Å². The zero-order chi connectivity index (χ0) is 12.0. The third-order valence-electron chi connectivity index (χ3n) is 1.86. The van der Waals surface area contributed by atoms with Crippen molar-refractivity contribution in [2.45, 2.75) is 24.6 Å². The molecule has 0 radical (unpaired) electrons. The normalized spacial score (nSPS) is 10.4. The molecule has 5 nitrogen and oxygen atoms in total. The third-order valence-corrected chi connectivity index (χ3v) is 3.96. The highest BCUT2D eigenvalue weighted by Crippen LogP contribution is 2.27. The van der Waals surface area contributed by atoms with E-state index in [4.69, 9.17) is 5.11 Å². The predicted molar refractivity (Wildman–Crippen MR) is 66.4 cm³/mol. The summed E-state index contributed by atoms with van der Waals surface area (Å²) in [5.41, 5.74) is 0. The van der Waals surface area contributed by atoms with Gasteiger partial charge in [0.1, 0.15) is 0 Å². The van der Waals surface area contributed by atoms with Gasteiger partial charge in [-0.1, -0.05) is 30.0 Å². The number of rotatable bonds is 7. The SMILES string of the molecule is CCCN(CC)c1nnc(SCC(=O)O)s1. The van der Waals surface area contributed by atoms with Gasteiger partial charge >= 0.3 is 5.97 Å². The molecule has 0 unspecified atom stereocenters. The van der Waals surface area contributed by atoms with E-state index in [1.54, 1.807) is 0 Å². The fourth-order valence-corrected chi connectivity index (χ4v) is 2.82. The molecule has 90 valence electrons. The number of nitrogens with zero attached hydrogens (tertiary/aromatic N) is 3. The lowest BCUT2D eigenvalue weighted by molar-refractivity contribution is -0.133. The Morgan fingerprint density at radius 3 is 2.81 bits per heavy atom. The summed E-state index contributed by atoms with van der Waals surface area (Å²) in [6.07, 6.45) is 1.06. The fraction of sp³-hybridized carbons (Fsp3) is 0.667. The highest BCUT2D eigenvalue weighted by atomic mass is 32.2. The number of hydrogen-bond acceptors (Lipinski definition) is 6. The molecule has 0 aliphatic heterocycles. The molecule has 0 aliphatic rings. The number of carbonyl (C=O) groups is 1. The van der Waals surface area contributed by atoms with E-state index in [-0.39, 0.29) is 5.75 Å². The van der Waals surface area contributed by atoms with Crippen LogP contribution in [-0.2, 0) is 4.79 Å². The molecule has 0 saturated carbocycles. The Labute approximate surface area is 103 Å². The molecule has 0 aromatic carbocycles. The monoisotopic (exact) mass is 261 g/mol. The van der Waals surface area contributed by atoms with E-state index < -0.39 is 5.97 Å². The smallest absolute Gasteiger partial charge is 0.313 e. The van der Waals surface area contributed by atoms with Crippen LogP contribution in [0.4, 0.5) is 5.13 Å². The second-order valence-electron chi connectivity index (χ2n) is 3.11. The van der Waals surface area contributed by atoms with Crippen molar-refractivity contribution in [2.24, 2.45) is 0 Å². The first-order valence-corrected chi connectivity index (χ1v) is 6.90. The summed E-state index contributed by atoms with van der Waals surface area (Å²) in [7, 11) is 0. The van der Waals surface area contributed by atoms with Crippen LogP contribution in [0.1, 0.15) is 20.3 Å². The van der Waals surface area contributed by atoms with E-state index in [2.05, 4.69) is 28.9 Å². The van der Waals surface area contributed by atoms with Crippen molar-refractivity contribution in [3.8, 4) is 0 Å². The first-order chi connectivity index (χ1) is 7.67. The minimum Gasteiger partial charge on any atom is -0.481 e. The van der Waals surface area contributed by atoms with Gasteiger partial charge in [0.25, 0.3) is 0 Å². The highest BCUT2D eigenvalue weighted by molar-refractivity contribution is 8.01. The van der Waals surface area contributed by atoms with Crippen molar-refractivity contribution in [3.63, 3.8) is 0 Å². The van der Waals surface area contributed by atoms with Crippen molar-refractivity contribution in [3.05, 3.63) is 0 Å². The van der Waals surface area contributed by atoms with Gasteiger partial charge in [0.15, 0.2) is 4.34 Å². The number of carboxylic acids is 1. The lowest BCUT2D eigenvalue weighted by Gasteiger charge is -2.17. The lowest BCUT2D eigenvalue weighted by atomic mass is 10.4. The minimum absolute atomic E-state index is 0.0362. The second-order valence-corrected chi connectivity index (χ2v) is 5.29. The summed E-state index contributed by atoms with van der Waals surface area (Å²) in [5, 5.41) is 17.4. The minimum atomic E-state index is -0.831. The zero-order valence-corrected chi connectivity index (χ0v) is 11.0. The lowest BCUT2D eigenvalue weighted by Crippen LogP contribution is -2.23. The number of aliphatic carboxylic acids is 1. The van der Waals surface area contributed by atoms with Crippen LogP contribution >= 0.6 is 23.1 Å². The molecule has 0 bridgehead atoms. The standard InChI is InChI=1S/C9H15N3O2S2/c1-3-5-12(4-2)8-10-11-9(16-8)15-6-7(13)14/h3-6H2,1-2H3,(H,13,14). The highest BCUT2D eigenvalue weighted by Gasteiger charge is 2.11. The van der Waals surface area contributed by atoms with E-state index in [0.717, 1.165) is 24.6 Å². The molecule has 0 atom stereocenters. The number of carboxylic acid groups (broad SMARTS) is 1. The maximum Gasteiger partial charge on any atom is 0.313 e. The molecule has 16 heavy (non-hydrogen) atoms. The molecule has 1 aromatic heterocycles. The number of thioether (sulfide) groups is 1. The van der Waals surface area contributed by atoms with Crippen LogP contribution in [-0.4, -0.2) is 40.1 Å². The molecule has 0 spiro atoms. The molecular formula is C9H15N3O2S2. The Hall–Kier alpha value is -0.820.